The van der Waals surface area contributed by atoms with Gasteiger partial charge in [0.15, 0.2) is 0 Å². The zero-order valence-corrected chi connectivity index (χ0v) is 12.7. The number of nitrogens with zero attached hydrogens (tertiary/aromatic N) is 2. The molecule has 2 unspecified atom stereocenters. The summed E-state index contributed by atoms with van der Waals surface area (Å²) in [7, 11) is 1.89. The largest absolute Gasteiger partial charge is 0.390 e. The van der Waals surface area contributed by atoms with Gasteiger partial charge in [0, 0.05) is 24.8 Å². The summed E-state index contributed by atoms with van der Waals surface area (Å²) in [5.74, 6) is -0.604. The van der Waals surface area contributed by atoms with E-state index in [2.05, 4.69) is 10.3 Å². The smallest absolute Gasteiger partial charge is 0.253 e. The van der Waals surface area contributed by atoms with Crippen molar-refractivity contribution in [3.8, 4) is 11.3 Å². The lowest BCUT2D eigenvalue weighted by Gasteiger charge is -2.15. The maximum Gasteiger partial charge on any atom is 0.253 e. The maximum atomic E-state index is 13.2. The summed E-state index contributed by atoms with van der Waals surface area (Å²) >= 11 is 0. The number of aromatic nitrogens is 1. The quantitative estimate of drug-likeness (QED) is 0.896. The molecule has 1 aromatic carbocycles. The number of aliphatic hydroxyl groups is 1. The van der Waals surface area contributed by atoms with Crippen molar-refractivity contribution in [2.75, 3.05) is 20.1 Å². The molecule has 0 radical (unpaired) electrons. The number of rotatable bonds is 3. The van der Waals surface area contributed by atoms with E-state index < -0.39 is 6.10 Å². The lowest BCUT2D eigenvalue weighted by Crippen LogP contribution is -2.42. The number of amides is 1. The fourth-order valence-electron chi connectivity index (χ4n) is 2.72. The summed E-state index contributed by atoms with van der Waals surface area (Å²) in [5, 5.41) is 12.7. The van der Waals surface area contributed by atoms with E-state index in [0.717, 1.165) is 0 Å². The molecular formula is C17H18FN3O2. The van der Waals surface area contributed by atoms with E-state index in [9.17, 15) is 14.3 Å². The zero-order valence-electron chi connectivity index (χ0n) is 12.7. The zero-order chi connectivity index (χ0) is 16.4. The summed E-state index contributed by atoms with van der Waals surface area (Å²) in [4.78, 5) is 18.4. The Morgan fingerprint density at radius 2 is 2.17 bits per heavy atom. The van der Waals surface area contributed by atoms with Crippen LogP contribution in [0.4, 0.5) is 4.39 Å². The van der Waals surface area contributed by atoms with Gasteiger partial charge in [-0.1, -0.05) is 12.1 Å². The molecule has 1 fully saturated rings. The van der Waals surface area contributed by atoms with Crippen LogP contribution in [0.5, 0.6) is 0 Å². The summed E-state index contributed by atoms with van der Waals surface area (Å²) in [6.07, 6.45) is 0.893. The molecule has 2 aromatic rings. The van der Waals surface area contributed by atoms with Gasteiger partial charge in [-0.25, -0.2) is 4.39 Å². The molecule has 0 saturated carbocycles. The second-order valence-electron chi connectivity index (χ2n) is 5.81. The van der Waals surface area contributed by atoms with E-state index in [-0.39, 0.29) is 17.8 Å². The first kappa shape index (κ1) is 15.6. The number of nitrogens with one attached hydrogen (secondary N) is 1. The van der Waals surface area contributed by atoms with E-state index in [4.69, 9.17) is 0 Å². The Morgan fingerprint density at radius 3 is 2.78 bits per heavy atom. The average molecular weight is 315 g/mol. The monoisotopic (exact) mass is 315 g/mol. The van der Waals surface area contributed by atoms with Gasteiger partial charge in [0.2, 0.25) is 0 Å². The molecule has 23 heavy (non-hydrogen) atoms. The molecular weight excluding hydrogens is 297 g/mol. The molecule has 6 heteroatoms. The Morgan fingerprint density at radius 1 is 1.35 bits per heavy atom. The third-order valence-electron chi connectivity index (χ3n) is 3.93. The number of β-amino-alcohol motifs (C(OH)–C–C–N with tert-alkyl or cyclic N) is 1. The topological polar surface area (TPSA) is 65.5 Å². The number of pyridine rings is 1. The maximum absolute atomic E-state index is 13.2. The summed E-state index contributed by atoms with van der Waals surface area (Å²) in [6.45, 7) is 1.16. The van der Waals surface area contributed by atoms with Crippen LogP contribution in [-0.4, -0.2) is 53.2 Å². The van der Waals surface area contributed by atoms with Crippen molar-refractivity contribution < 1.29 is 14.3 Å². The number of carbonyl (C=O) groups excluding carboxylic acids is 1. The van der Waals surface area contributed by atoms with Gasteiger partial charge in [0.1, 0.15) is 5.82 Å². The minimum absolute atomic E-state index is 0.275. The van der Waals surface area contributed by atoms with Crippen molar-refractivity contribution in [3.05, 3.63) is 54.0 Å². The van der Waals surface area contributed by atoms with E-state index >= 15 is 0 Å². The highest BCUT2D eigenvalue weighted by molar-refractivity contribution is 5.94. The van der Waals surface area contributed by atoms with Crippen LogP contribution in [0.2, 0.25) is 0 Å². The molecule has 1 aromatic heterocycles. The Kier molecular flexibility index (Phi) is 4.36. The average Bonchev–Trinajstić information content (AvgIpc) is 2.85. The Labute approximate surface area is 133 Å². The Balaban J connectivity index is 1.71. The van der Waals surface area contributed by atoms with Crippen molar-refractivity contribution in [1.29, 1.82) is 0 Å². The van der Waals surface area contributed by atoms with Crippen LogP contribution in [0.15, 0.2) is 42.6 Å². The first-order chi connectivity index (χ1) is 11.0. The van der Waals surface area contributed by atoms with E-state index in [1.807, 2.05) is 11.9 Å². The predicted molar refractivity (Wildman–Crippen MR) is 84.4 cm³/mol. The normalized spacial score (nSPS) is 21.3. The van der Waals surface area contributed by atoms with Crippen LogP contribution in [0.25, 0.3) is 11.3 Å². The minimum Gasteiger partial charge on any atom is -0.390 e. The van der Waals surface area contributed by atoms with Crippen LogP contribution in [0.3, 0.4) is 0 Å². The van der Waals surface area contributed by atoms with Gasteiger partial charge >= 0.3 is 0 Å². The number of carbonyl (C=O) groups is 1. The second kappa shape index (κ2) is 6.44. The predicted octanol–water partition coefficient (Wildman–Crippen LogP) is 1.29. The molecule has 0 spiro atoms. The SMILES string of the molecule is CN1CC(O)C(NC(=O)c2ccc(-c3cccc(F)c3)nc2)C1. The van der Waals surface area contributed by atoms with Gasteiger partial charge in [-0.05, 0) is 31.3 Å². The standard InChI is InChI=1S/C17H18FN3O2/c1-21-9-15(16(22)10-21)20-17(23)12-5-6-14(19-8-12)11-3-2-4-13(18)7-11/h2-8,15-16,22H,9-10H2,1H3,(H,20,23). The number of likely N-dealkylation sites (N-methyl/N-ethyl adjacent to an activating group) is 1. The molecule has 0 aliphatic carbocycles. The first-order valence-corrected chi connectivity index (χ1v) is 7.42. The molecule has 1 saturated heterocycles. The van der Waals surface area contributed by atoms with Crippen molar-refractivity contribution >= 4 is 5.91 Å². The third-order valence-corrected chi connectivity index (χ3v) is 3.93. The van der Waals surface area contributed by atoms with E-state index in [0.29, 0.717) is 29.9 Å². The molecule has 1 amide bonds. The van der Waals surface area contributed by atoms with Crippen LogP contribution < -0.4 is 5.32 Å². The van der Waals surface area contributed by atoms with Crippen molar-refractivity contribution in [1.82, 2.24) is 15.2 Å². The first-order valence-electron chi connectivity index (χ1n) is 7.42. The van der Waals surface area contributed by atoms with Crippen LogP contribution in [0, 0.1) is 5.82 Å². The van der Waals surface area contributed by atoms with Crippen molar-refractivity contribution in [3.63, 3.8) is 0 Å². The molecule has 2 heterocycles. The van der Waals surface area contributed by atoms with Crippen molar-refractivity contribution in [2.45, 2.75) is 12.1 Å². The molecule has 120 valence electrons. The van der Waals surface area contributed by atoms with E-state index in [1.54, 1.807) is 24.3 Å². The van der Waals surface area contributed by atoms with Gasteiger partial charge in [0.25, 0.3) is 5.91 Å². The molecule has 2 atom stereocenters. The van der Waals surface area contributed by atoms with Gasteiger partial charge in [-0.2, -0.15) is 0 Å². The van der Waals surface area contributed by atoms with E-state index in [1.165, 1.54) is 18.3 Å². The fraction of sp³-hybridized carbons (Fsp3) is 0.294. The van der Waals surface area contributed by atoms with Crippen LogP contribution in [0.1, 0.15) is 10.4 Å². The Bertz CT molecular complexity index is 705. The Hall–Kier alpha value is -2.31. The highest BCUT2D eigenvalue weighted by Gasteiger charge is 2.30. The second-order valence-corrected chi connectivity index (χ2v) is 5.81. The summed E-state index contributed by atoms with van der Waals surface area (Å²) < 4.78 is 13.2. The minimum atomic E-state index is -0.566. The number of benzene rings is 1. The number of aliphatic hydroxyl groups excluding tert-OH is 1. The summed E-state index contributed by atoms with van der Waals surface area (Å²) in [6, 6.07) is 9.19. The third kappa shape index (κ3) is 3.55. The van der Waals surface area contributed by atoms with Gasteiger partial charge < -0.3 is 15.3 Å². The summed E-state index contributed by atoms with van der Waals surface area (Å²) in [5.41, 5.74) is 1.67. The number of likely N-dealkylation sites (tertiary alicyclic amines) is 1. The molecule has 1 aliphatic rings. The molecule has 2 N–H and O–H groups in total. The van der Waals surface area contributed by atoms with Crippen LogP contribution in [-0.2, 0) is 0 Å². The fourth-order valence-corrected chi connectivity index (χ4v) is 2.72. The van der Waals surface area contributed by atoms with Gasteiger partial charge in [-0.15, -0.1) is 0 Å². The van der Waals surface area contributed by atoms with Gasteiger partial charge in [-0.3, -0.25) is 9.78 Å². The molecule has 1 aliphatic heterocycles. The lowest BCUT2D eigenvalue weighted by atomic mass is 10.1. The van der Waals surface area contributed by atoms with Gasteiger partial charge in [0.05, 0.1) is 23.4 Å². The lowest BCUT2D eigenvalue weighted by molar-refractivity contribution is 0.0888. The highest BCUT2D eigenvalue weighted by Crippen LogP contribution is 2.18. The molecule has 5 nitrogen and oxygen atoms in total. The highest BCUT2D eigenvalue weighted by atomic mass is 19.1. The van der Waals surface area contributed by atoms with Crippen LogP contribution >= 0.6 is 0 Å². The number of halogens is 1. The molecule has 3 rings (SSSR count). The van der Waals surface area contributed by atoms with Crippen molar-refractivity contribution in [2.24, 2.45) is 0 Å². The molecule has 0 bridgehead atoms. The number of hydrogen-bond acceptors (Lipinski definition) is 4. The number of hydrogen-bond donors (Lipinski definition) is 2.